The van der Waals surface area contributed by atoms with Crippen molar-refractivity contribution in [3.63, 3.8) is 0 Å². The molecule has 4 aromatic rings. The summed E-state index contributed by atoms with van der Waals surface area (Å²) >= 11 is 3.14. The molecule has 0 bridgehead atoms. The lowest BCUT2D eigenvalue weighted by atomic mass is 10.1. The number of ether oxygens (including phenoxy) is 1. The molecule has 5 rings (SSSR count). The summed E-state index contributed by atoms with van der Waals surface area (Å²) in [5, 5.41) is 0.719. The van der Waals surface area contributed by atoms with E-state index in [1.54, 1.807) is 22.7 Å². The van der Waals surface area contributed by atoms with Gasteiger partial charge in [-0.05, 0) is 30.3 Å². The number of para-hydroxylation sites is 1. The number of amides is 1. The first kappa shape index (κ1) is 16.6. The number of piperidine rings is 1. The lowest BCUT2D eigenvalue weighted by molar-refractivity contribution is 0.0595. The molecule has 7 heteroatoms. The van der Waals surface area contributed by atoms with E-state index >= 15 is 0 Å². The molecular weight excluding hydrogens is 378 g/mol. The number of benzene rings is 2. The molecule has 2 aromatic heterocycles. The van der Waals surface area contributed by atoms with Crippen LogP contribution in [0.25, 0.3) is 20.4 Å². The molecule has 2 aromatic carbocycles. The fourth-order valence-electron chi connectivity index (χ4n) is 3.39. The Bertz CT molecular complexity index is 1080. The molecule has 1 fully saturated rings. The summed E-state index contributed by atoms with van der Waals surface area (Å²) in [6.07, 6.45) is 1.76. The Morgan fingerprint density at radius 1 is 1.07 bits per heavy atom. The highest BCUT2D eigenvalue weighted by Crippen LogP contribution is 2.30. The van der Waals surface area contributed by atoms with Crippen molar-refractivity contribution in [3.05, 3.63) is 53.5 Å². The molecular formula is C20H17N3O2S2. The minimum atomic E-state index is 0.0868. The first-order valence-electron chi connectivity index (χ1n) is 8.91. The maximum Gasteiger partial charge on any atom is 0.274 e. The van der Waals surface area contributed by atoms with Crippen molar-refractivity contribution in [3.8, 4) is 5.19 Å². The maximum absolute atomic E-state index is 12.8. The Labute approximate surface area is 164 Å². The maximum atomic E-state index is 12.8. The van der Waals surface area contributed by atoms with Crippen molar-refractivity contribution in [2.24, 2.45) is 0 Å². The van der Waals surface area contributed by atoms with Crippen LogP contribution in [0, 0.1) is 0 Å². The molecule has 0 N–H and O–H groups in total. The number of likely N-dealkylation sites (tertiary alicyclic amines) is 1. The van der Waals surface area contributed by atoms with Crippen LogP contribution in [0.2, 0.25) is 0 Å². The summed E-state index contributed by atoms with van der Waals surface area (Å²) in [6, 6.07) is 13.8. The van der Waals surface area contributed by atoms with Crippen LogP contribution in [-0.4, -0.2) is 40.0 Å². The van der Waals surface area contributed by atoms with E-state index in [0.29, 0.717) is 13.1 Å². The molecule has 0 unspecified atom stereocenters. The van der Waals surface area contributed by atoms with Gasteiger partial charge >= 0.3 is 0 Å². The van der Waals surface area contributed by atoms with E-state index in [1.807, 2.05) is 46.8 Å². The normalized spacial score (nSPS) is 15.5. The van der Waals surface area contributed by atoms with Crippen molar-refractivity contribution in [2.75, 3.05) is 13.1 Å². The Kier molecular flexibility index (Phi) is 4.26. The number of fused-ring (bicyclic) bond motifs is 2. The van der Waals surface area contributed by atoms with Crippen molar-refractivity contribution in [1.29, 1.82) is 0 Å². The number of nitrogens with zero attached hydrogens (tertiary/aromatic N) is 3. The first-order chi connectivity index (χ1) is 13.3. The monoisotopic (exact) mass is 395 g/mol. The topological polar surface area (TPSA) is 55.3 Å². The summed E-state index contributed by atoms with van der Waals surface area (Å²) in [6.45, 7) is 1.41. The molecule has 27 heavy (non-hydrogen) atoms. The largest absolute Gasteiger partial charge is 0.467 e. The van der Waals surface area contributed by atoms with Crippen LogP contribution >= 0.6 is 22.7 Å². The van der Waals surface area contributed by atoms with Gasteiger partial charge < -0.3 is 9.64 Å². The number of hydrogen-bond acceptors (Lipinski definition) is 6. The molecule has 3 heterocycles. The van der Waals surface area contributed by atoms with Crippen molar-refractivity contribution < 1.29 is 9.53 Å². The summed E-state index contributed by atoms with van der Waals surface area (Å²) in [7, 11) is 0. The van der Waals surface area contributed by atoms with Crippen LogP contribution in [-0.2, 0) is 0 Å². The highest BCUT2D eigenvalue weighted by Gasteiger charge is 2.25. The first-order valence-corrected chi connectivity index (χ1v) is 10.6. The van der Waals surface area contributed by atoms with Gasteiger partial charge in [-0.15, -0.1) is 11.3 Å². The minimum absolute atomic E-state index is 0.0868. The van der Waals surface area contributed by atoms with Crippen molar-refractivity contribution >= 4 is 49.0 Å². The molecule has 1 saturated heterocycles. The molecule has 0 atom stereocenters. The van der Waals surface area contributed by atoms with Gasteiger partial charge in [0, 0.05) is 31.5 Å². The zero-order chi connectivity index (χ0) is 18.2. The van der Waals surface area contributed by atoms with E-state index in [4.69, 9.17) is 4.74 Å². The zero-order valence-corrected chi connectivity index (χ0v) is 16.1. The van der Waals surface area contributed by atoms with E-state index in [-0.39, 0.29) is 12.0 Å². The Hall–Kier alpha value is -2.51. The average molecular weight is 396 g/mol. The SMILES string of the molecule is O=C(c1ccc2ncsc2c1)N1CCC(Oc2nc3ccccc3s2)CC1. The Morgan fingerprint density at radius 3 is 2.78 bits per heavy atom. The zero-order valence-electron chi connectivity index (χ0n) is 14.5. The summed E-state index contributed by atoms with van der Waals surface area (Å²) in [5.74, 6) is 0.0868. The van der Waals surface area contributed by atoms with Crippen LogP contribution < -0.4 is 4.74 Å². The fourth-order valence-corrected chi connectivity index (χ4v) is 4.99. The summed E-state index contributed by atoms with van der Waals surface area (Å²) in [5.41, 5.74) is 4.46. The van der Waals surface area contributed by atoms with Crippen LogP contribution in [0.1, 0.15) is 23.2 Å². The molecule has 5 nitrogen and oxygen atoms in total. The number of carbonyl (C=O) groups is 1. The van der Waals surface area contributed by atoms with E-state index in [2.05, 4.69) is 16.0 Å². The Balaban J connectivity index is 1.23. The van der Waals surface area contributed by atoms with Gasteiger partial charge in [0.05, 0.1) is 25.9 Å². The van der Waals surface area contributed by atoms with E-state index in [1.165, 1.54) is 0 Å². The van der Waals surface area contributed by atoms with Gasteiger partial charge in [0.25, 0.3) is 11.1 Å². The quantitative estimate of drug-likeness (QED) is 0.509. The fraction of sp³-hybridized carbons (Fsp3) is 0.250. The second kappa shape index (κ2) is 6.90. The third-order valence-corrected chi connectivity index (χ3v) is 6.57. The summed E-state index contributed by atoms with van der Waals surface area (Å²) in [4.78, 5) is 23.5. The highest BCUT2D eigenvalue weighted by atomic mass is 32.1. The minimum Gasteiger partial charge on any atom is -0.467 e. The lowest BCUT2D eigenvalue weighted by Crippen LogP contribution is -2.41. The molecule has 0 spiro atoms. The van der Waals surface area contributed by atoms with Gasteiger partial charge in [-0.2, -0.15) is 0 Å². The average Bonchev–Trinajstić information content (AvgIpc) is 3.33. The predicted octanol–water partition coefficient (Wildman–Crippen LogP) is 4.59. The van der Waals surface area contributed by atoms with Crippen molar-refractivity contribution in [2.45, 2.75) is 18.9 Å². The third-order valence-electron chi connectivity index (χ3n) is 4.85. The van der Waals surface area contributed by atoms with Crippen molar-refractivity contribution in [1.82, 2.24) is 14.9 Å². The van der Waals surface area contributed by atoms with E-state index in [0.717, 1.165) is 44.0 Å². The molecule has 1 aliphatic rings. The van der Waals surface area contributed by atoms with E-state index < -0.39 is 0 Å². The highest BCUT2D eigenvalue weighted by molar-refractivity contribution is 7.20. The van der Waals surface area contributed by atoms with Gasteiger partial charge in [-0.1, -0.05) is 23.5 Å². The number of thiazole rings is 2. The molecule has 0 saturated carbocycles. The number of carbonyl (C=O) groups excluding carboxylic acids is 1. The van der Waals surface area contributed by atoms with Crippen LogP contribution in [0.15, 0.2) is 48.0 Å². The number of hydrogen-bond donors (Lipinski definition) is 0. The number of rotatable bonds is 3. The summed E-state index contributed by atoms with van der Waals surface area (Å²) < 4.78 is 8.27. The Morgan fingerprint density at radius 2 is 1.93 bits per heavy atom. The third kappa shape index (κ3) is 3.28. The molecule has 0 aliphatic carbocycles. The van der Waals surface area contributed by atoms with Gasteiger partial charge in [0.15, 0.2) is 0 Å². The number of aromatic nitrogens is 2. The van der Waals surface area contributed by atoms with Gasteiger partial charge in [-0.3, -0.25) is 4.79 Å². The molecule has 136 valence electrons. The predicted molar refractivity (Wildman–Crippen MR) is 109 cm³/mol. The molecule has 1 amide bonds. The van der Waals surface area contributed by atoms with Gasteiger partial charge in [0.1, 0.15) is 6.10 Å². The second-order valence-corrected chi connectivity index (χ2v) is 8.47. The van der Waals surface area contributed by atoms with E-state index in [9.17, 15) is 4.79 Å². The molecule has 1 aliphatic heterocycles. The van der Waals surface area contributed by atoms with Gasteiger partial charge in [-0.25, -0.2) is 9.97 Å². The van der Waals surface area contributed by atoms with Crippen LogP contribution in [0.3, 0.4) is 0 Å². The standard InChI is InChI=1S/C20H17N3O2S2/c24-19(13-5-6-15-18(11-13)26-12-21-15)23-9-7-14(8-10-23)25-20-22-16-3-1-2-4-17(16)27-20/h1-6,11-12,14H,7-10H2. The van der Waals surface area contributed by atoms with Gasteiger partial charge in [0.2, 0.25) is 0 Å². The smallest absolute Gasteiger partial charge is 0.274 e. The molecule has 0 radical (unpaired) electrons. The lowest BCUT2D eigenvalue weighted by Gasteiger charge is -2.31. The van der Waals surface area contributed by atoms with Crippen LogP contribution in [0.5, 0.6) is 5.19 Å². The second-order valence-electron chi connectivity index (χ2n) is 6.59. The van der Waals surface area contributed by atoms with Crippen LogP contribution in [0.4, 0.5) is 0 Å².